The molecule has 2 aromatic carbocycles. The highest BCUT2D eigenvalue weighted by Crippen LogP contribution is 2.34. The molecule has 4 heteroatoms. The van der Waals surface area contributed by atoms with E-state index in [2.05, 4.69) is 9.98 Å². The number of fused-ring (bicyclic) bond motifs is 1. The minimum Gasteiger partial charge on any atom is -0.496 e. The Morgan fingerprint density at radius 2 is 1.48 bits per heavy atom. The highest BCUT2D eigenvalue weighted by Gasteiger charge is 2.28. The van der Waals surface area contributed by atoms with Crippen LogP contribution >= 0.6 is 11.6 Å². The molecule has 0 unspecified atom stereocenters. The van der Waals surface area contributed by atoms with Gasteiger partial charge in [0.15, 0.2) is 0 Å². The normalized spacial score (nSPS) is 15.6. The average molecular weight is 321 g/mol. The molecule has 112 valence electrons. The molecule has 23 heavy (non-hydrogen) atoms. The lowest BCUT2D eigenvalue weighted by Crippen LogP contribution is -2.07. The van der Waals surface area contributed by atoms with Gasteiger partial charge in [-0.2, -0.15) is 0 Å². The van der Waals surface area contributed by atoms with Crippen molar-refractivity contribution < 1.29 is 4.74 Å². The minimum atomic E-state index is 0.715. The molecule has 3 nitrogen and oxygen atoms in total. The summed E-state index contributed by atoms with van der Waals surface area (Å²) in [6, 6.07) is 15.6. The van der Waals surface area contributed by atoms with E-state index >= 15 is 0 Å². The fourth-order valence-electron chi connectivity index (χ4n) is 2.81. The second kappa shape index (κ2) is 5.52. The molecule has 0 atom stereocenters. The number of halogens is 1. The third kappa shape index (κ3) is 2.30. The summed E-state index contributed by atoms with van der Waals surface area (Å²) in [5.74, 6) is 0.807. The van der Waals surface area contributed by atoms with Gasteiger partial charge in [-0.1, -0.05) is 35.9 Å². The molecule has 2 aliphatic heterocycles. The van der Waals surface area contributed by atoms with Crippen LogP contribution < -0.4 is 4.74 Å². The summed E-state index contributed by atoms with van der Waals surface area (Å²) < 4.78 is 5.45. The number of para-hydroxylation sites is 1. The molecular formula is C19H13ClN2O. The predicted molar refractivity (Wildman–Crippen MR) is 93.7 cm³/mol. The van der Waals surface area contributed by atoms with Crippen molar-refractivity contribution in [1.82, 2.24) is 0 Å². The third-order valence-corrected chi connectivity index (χ3v) is 4.18. The Balaban J connectivity index is 1.67. The van der Waals surface area contributed by atoms with Gasteiger partial charge in [0.1, 0.15) is 5.75 Å². The van der Waals surface area contributed by atoms with Crippen LogP contribution in [0.3, 0.4) is 0 Å². The zero-order chi connectivity index (χ0) is 15.8. The number of ether oxygens (including phenoxy) is 1. The molecule has 2 heterocycles. The van der Waals surface area contributed by atoms with Crippen LogP contribution in [-0.2, 0) is 0 Å². The number of hydrogen-bond acceptors (Lipinski definition) is 3. The Labute approximate surface area is 139 Å². The molecule has 0 bridgehead atoms. The molecule has 0 N–H and O–H groups in total. The molecule has 4 rings (SSSR count). The van der Waals surface area contributed by atoms with Crippen molar-refractivity contribution in [2.75, 3.05) is 7.11 Å². The highest BCUT2D eigenvalue weighted by atomic mass is 35.5. The lowest BCUT2D eigenvalue weighted by atomic mass is 9.95. The number of allylic oxidation sites excluding steroid dienone is 2. The van der Waals surface area contributed by atoms with Crippen molar-refractivity contribution in [2.24, 2.45) is 9.98 Å². The Hall–Kier alpha value is -2.65. The zero-order valence-electron chi connectivity index (χ0n) is 12.5. The Morgan fingerprint density at radius 3 is 2.22 bits per heavy atom. The molecule has 2 aromatic rings. The number of nitrogens with zero attached hydrogens (tertiary/aromatic N) is 2. The van der Waals surface area contributed by atoms with Gasteiger partial charge in [-0.3, -0.25) is 9.98 Å². The van der Waals surface area contributed by atoms with E-state index in [1.165, 1.54) is 0 Å². The van der Waals surface area contributed by atoms with Crippen molar-refractivity contribution in [3.63, 3.8) is 0 Å². The quantitative estimate of drug-likeness (QED) is 0.824. The van der Waals surface area contributed by atoms with Crippen molar-refractivity contribution in [3.8, 4) is 5.75 Å². The third-order valence-electron chi connectivity index (χ3n) is 3.93. The highest BCUT2D eigenvalue weighted by molar-refractivity contribution is 6.32. The number of benzene rings is 2. The van der Waals surface area contributed by atoms with Crippen LogP contribution in [0.5, 0.6) is 5.75 Å². The van der Waals surface area contributed by atoms with Crippen molar-refractivity contribution in [1.29, 1.82) is 0 Å². The van der Waals surface area contributed by atoms with Crippen LogP contribution in [0.4, 0.5) is 0 Å². The second-order valence-electron chi connectivity index (χ2n) is 5.25. The zero-order valence-corrected chi connectivity index (χ0v) is 13.2. The van der Waals surface area contributed by atoms with Crippen molar-refractivity contribution in [2.45, 2.75) is 0 Å². The first kappa shape index (κ1) is 14.0. The fraction of sp³-hybridized carbons (Fsp3) is 0.0526. The van der Waals surface area contributed by atoms with Crippen LogP contribution in [0, 0.1) is 0 Å². The minimum absolute atomic E-state index is 0.715. The summed E-state index contributed by atoms with van der Waals surface area (Å²) in [5.41, 5.74) is 5.88. The SMILES string of the molecule is COc1ccccc1C1=NC=C2C1=CN=C2c1ccc(Cl)cc1. The number of rotatable bonds is 3. The smallest absolute Gasteiger partial charge is 0.128 e. The van der Waals surface area contributed by atoms with Gasteiger partial charge < -0.3 is 4.74 Å². The molecule has 0 amide bonds. The first-order valence-corrected chi connectivity index (χ1v) is 7.62. The van der Waals surface area contributed by atoms with E-state index in [0.717, 1.165) is 39.4 Å². The van der Waals surface area contributed by atoms with Crippen molar-refractivity contribution in [3.05, 3.63) is 88.2 Å². The molecule has 0 aromatic heterocycles. The maximum Gasteiger partial charge on any atom is 0.128 e. The Morgan fingerprint density at radius 1 is 0.826 bits per heavy atom. The number of aliphatic imine (C=N–C) groups is 2. The summed E-state index contributed by atoms with van der Waals surface area (Å²) in [6.07, 6.45) is 3.74. The summed E-state index contributed by atoms with van der Waals surface area (Å²) in [4.78, 5) is 9.16. The number of hydrogen-bond donors (Lipinski definition) is 0. The van der Waals surface area contributed by atoms with E-state index in [0.29, 0.717) is 5.02 Å². The van der Waals surface area contributed by atoms with Crippen LogP contribution in [0.1, 0.15) is 11.1 Å². The van der Waals surface area contributed by atoms with Crippen LogP contribution in [-0.4, -0.2) is 18.5 Å². The van der Waals surface area contributed by atoms with Gasteiger partial charge in [0.25, 0.3) is 0 Å². The summed E-state index contributed by atoms with van der Waals surface area (Å²) in [6.45, 7) is 0. The van der Waals surface area contributed by atoms with E-state index < -0.39 is 0 Å². The summed E-state index contributed by atoms with van der Waals surface area (Å²) in [5, 5.41) is 0.715. The Bertz CT molecular complexity index is 905. The van der Waals surface area contributed by atoms with Gasteiger partial charge in [-0.15, -0.1) is 0 Å². The lowest BCUT2D eigenvalue weighted by molar-refractivity contribution is 0.414. The van der Waals surface area contributed by atoms with Gasteiger partial charge in [0, 0.05) is 39.7 Å². The largest absolute Gasteiger partial charge is 0.496 e. The monoisotopic (exact) mass is 320 g/mol. The van der Waals surface area contributed by atoms with E-state index in [9.17, 15) is 0 Å². The molecule has 0 radical (unpaired) electrons. The topological polar surface area (TPSA) is 34.0 Å². The van der Waals surface area contributed by atoms with Gasteiger partial charge >= 0.3 is 0 Å². The lowest BCUT2D eigenvalue weighted by Gasteiger charge is -2.09. The van der Waals surface area contributed by atoms with Gasteiger partial charge in [-0.25, -0.2) is 0 Å². The average Bonchev–Trinajstić information content (AvgIpc) is 3.17. The standard InChI is InChI=1S/C19H13ClN2O/c1-23-17-5-3-2-4-14(17)19-16-11-21-18(15(16)10-22-19)12-6-8-13(20)9-7-12/h2-11H,1H3. The van der Waals surface area contributed by atoms with Gasteiger partial charge in [0.2, 0.25) is 0 Å². The van der Waals surface area contributed by atoms with Gasteiger partial charge in [-0.05, 0) is 24.3 Å². The van der Waals surface area contributed by atoms with Crippen molar-refractivity contribution >= 4 is 23.0 Å². The fourth-order valence-corrected chi connectivity index (χ4v) is 2.93. The predicted octanol–water partition coefficient (Wildman–Crippen LogP) is 4.42. The molecule has 0 saturated heterocycles. The maximum absolute atomic E-state index is 5.96. The maximum atomic E-state index is 5.96. The molecule has 2 aliphatic rings. The molecular weight excluding hydrogens is 308 g/mol. The summed E-state index contributed by atoms with van der Waals surface area (Å²) in [7, 11) is 1.67. The first-order valence-electron chi connectivity index (χ1n) is 7.24. The first-order chi connectivity index (χ1) is 11.3. The van der Waals surface area contributed by atoms with E-state index in [-0.39, 0.29) is 0 Å². The molecule has 0 saturated carbocycles. The van der Waals surface area contributed by atoms with Gasteiger partial charge in [0.05, 0.1) is 18.5 Å². The number of methoxy groups -OCH3 is 1. The van der Waals surface area contributed by atoms with E-state index in [4.69, 9.17) is 16.3 Å². The summed E-state index contributed by atoms with van der Waals surface area (Å²) >= 11 is 5.96. The Kier molecular flexibility index (Phi) is 3.36. The molecule has 0 spiro atoms. The molecule has 0 aliphatic carbocycles. The van der Waals surface area contributed by atoms with Crippen LogP contribution in [0.15, 0.2) is 82.1 Å². The van der Waals surface area contributed by atoms with Crippen LogP contribution in [0.2, 0.25) is 5.02 Å². The molecule has 0 fully saturated rings. The van der Waals surface area contributed by atoms with Crippen LogP contribution in [0.25, 0.3) is 0 Å². The van der Waals surface area contributed by atoms with E-state index in [1.807, 2.05) is 60.9 Å². The van der Waals surface area contributed by atoms with E-state index in [1.54, 1.807) is 7.11 Å². The second-order valence-corrected chi connectivity index (χ2v) is 5.68.